The number of piperidine rings is 1. The molecule has 21 heavy (non-hydrogen) atoms. The molecule has 1 saturated heterocycles. The number of aromatic nitrogens is 2. The molecule has 112 valence electrons. The second-order valence-corrected chi connectivity index (χ2v) is 6.61. The summed E-state index contributed by atoms with van der Waals surface area (Å²) in [6.07, 6.45) is 4.02. The third-order valence-electron chi connectivity index (χ3n) is 3.58. The van der Waals surface area contributed by atoms with Gasteiger partial charge in [0.1, 0.15) is 0 Å². The van der Waals surface area contributed by atoms with Gasteiger partial charge >= 0.3 is 0 Å². The first-order valence-electron chi connectivity index (χ1n) is 7.26. The molecule has 1 fully saturated rings. The van der Waals surface area contributed by atoms with Crippen molar-refractivity contribution in [2.45, 2.75) is 24.5 Å². The minimum atomic E-state index is 0.548. The van der Waals surface area contributed by atoms with E-state index in [4.69, 9.17) is 16.0 Å². The van der Waals surface area contributed by atoms with Gasteiger partial charge in [0.15, 0.2) is 0 Å². The Morgan fingerprint density at radius 3 is 2.62 bits per heavy atom. The van der Waals surface area contributed by atoms with Crippen LogP contribution in [0.2, 0.25) is 5.02 Å². The fraction of sp³-hybridized carbons (Fsp3) is 0.467. The standard InChI is InChI=1S/C15H18ClN3OS/c16-13-6-4-12(5-7-13)14-17-18-15(20-14)21-11-10-19-8-2-1-3-9-19/h4-7H,1-3,8-11H2. The molecule has 3 rings (SSSR count). The monoisotopic (exact) mass is 323 g/mol. The molecule has 0 saturated carbocycles. The van der Waals surface area contributed by atoms with Crippen LogP contribution in [0.25, 0.3) is 11.5 Å². The number of benzene rings is 1. The largest absolute Gasteiger partial charge is 0.411 e. The average Bonchev–Trinajstić information content (AvgIpc) is 2.98. The molecule has 0 atom stereocenters. The van der Waals surface area contributed by atoms with Crippen molar-refractivity contribution < 1.29 is 4.42 Å². The van der Waals surface area contributed by atoms with Crippen molar-refractivity contribution in [1.82, 2.24) is 15.1 Å². The van der Waals surface area contributed by atoms with Crippen LogP contribution in [0.5, 0.6) is 0 Å². The number of rotatable bonds is 5. The van der Waals surface area contributed by atoms with E-state index >= 15 is 0 Å². The highest BCUT2D eigenvalue weighted by Crippen LogP contribution is 2.24. The zero-order valence-corrected chi connectivity index (χ0v) is 13.4. The van der Waals surface area contributed by atoms with E-state index in [1.165, 1.54) is 32.4 Å². The molecule has 0 spiro atoms. The lowest BCUT2D eigenvalue weighted by molar-refractivity contribution is 0.242. The molecule has 1 aromatic carbocycles. The average molecular weight is 324 g/mol. The number of thioether (sulfide) groups is 1. The van der Waals surface area contributed by atoms with E-state index in [0.717, 1.165) is 17.9 Å². The predicted molar refractivity (Wildman–Crippen MR) is 85.8 cm³/mol. The van der Waals surface area contributed by atoms with E-state index in [2.05, 4.69) is 15.1 Å². The van der Waals surface area contributed by atoms with E-state index in [0.29, 0.717) is 16.1 Å². The minimum Gasteiger partial charge on any atom is -0.411 e. The second kappa shape index (κ2) is 7.29. The van der Waals surface area contributed by atoms with Gasteiger partial charge in [0.25, 0.3) is 5.22 Å². The molecule has 1 aliphatic heterocycles. The van der Waals surface area contributed by atoms with E-state index < -0.39 is 0 Å². The Hall–Kier alpha value is -1.04. The van der Waals surface area contributed by atoms with Gasteiger partial charge in [0.05, 0.1) is 0 Å². The second-order valence-electron chi connectivity index (χ2n) is 5.13. The van der Waals surface area contributed by atoms with E-state index in [9.17, 15) is 0 Å². The Morgan fingerprint density at radius 2 is 1.86 bits per heavy atom. The van der Waals surface area contributed by atoms with Crippen LogP contribution in [0, 0.1) is 0 Å². The first-order chi connectivity index (χ1) is 10.3. The van der Waals surface area contributed by atoms with Crippen molar-refractivity contribution in [3.05, 3.63) is 29.3 Å². The van der Waals surface area contributed by atoms with Crippen molar-refractivity contribution >= 4 is 23.4 Å². The highest BCUT2D eigenvalue weighted by Gasteiger charge is 2.12. The summed E-state index contributed by atoms with van der Waals surface area (Å²) >= 11 is 7.50. The maximum atomic E-state index is 5.87. The molecule has 0 unspecified atom stereocenters. The Balaban J connectivity index is 1.51. The van der Waals surface area contributed by atoms with Gasteiger partial charge < -0.3 is 9.32 Å². The number of nitrogens with zero attached hydrogens (tertiary/aromatic N) is 3. The molecular formula is C15H18ClN3OS. The molecule has 1 aliphatic rings. The van der Waals surface area contributed by atoms with Crippen LogP contribution in [-0.2, 0) is 0 Å². The molecular weight excluding hydrogens is 306 g/mol. The smallest absolute Gasteiger partial charge is 0.276 e. The fourth-order valence-electron chi connectivity index (χ4n) is 2.42. The summed E-state index contributed by atoms with van der Waals surface area (Å²) in [7, 11) is 0. The van der Waals surface area contributed by atoms with Gasteiger partial charge in [0, 0.05) is 22.9 Å². The highest BCUT2D eigenvalue weighted by molar-refractivity contribution is 7.99. The third-order valence-corrected chi connectivity index (χ3v) is 4.63. The topological polar surface area (TPSA) is 42.2 Å². The van der Waals surface area contributed by atoms with Crippen molar-refractivity contribution in [3.63, 3.8) is 0 Å². The van der Waals surface area contributed by atoms with Gasteiger partial charge in [-0.3, -0.25) is 0 Å². The van der Waals surface area contributed by atoms with Gasteiger partial charge in [-0.15, -0.1) is 10.2 Å². The number of hydrogen-bond acceptors (Lipinski definition) is 5. The van der Waals surface area contributed by atoms with E-state index in [1.807, 2.05) is 24.3 Å². The van der Waals surface area contributed by atoms with Crippen molar-refractivity contribution in [3.8, 4) is 11.5 Å². The normalized spacial score (nSPS) is 16.2. The van der Waals surface area contributed by atoms with Crippen molar-refractivity contribution in [1.29, 1.82) is 0 Å². The third kappa shape index (κ3) is 4.22. The molecule has 0 radical (unpaired) electrons. The van der Waals surface area contributed by atoms with Crippen LogP contribution in [-0.4, -0.2) is 40.5 Å². The Morgan fingerprint density at radius 1 is 1.10 bits per heavy atom. The molecule has 2 heterocycles. The van der Waals surface area contributed by atoms with Crippen LogP contribution in [0.15, 0.2) is 33.9 Å². The molecule has 0 amide bonds. The predicted octanol–water partition coefficient (Wildman–Crippen LogP) is 3.97. The minimum absolute atomic E-state index is 0.548. The van der Waals surface area contributed by atoms with Crippen LogP contribution < -0.4 is 0 Å². The van der Waals surface area contributed by atoms with Gasteiger partial charge in [-0.1, -0.05) is 29.8 Å². The lowest BCUT2D eigenvalue weighted by Crippen LogP contribution is -2.31. The zero-order valence-electron chi connectivity index (χ0n) is 11.8. The fourth-order valence-corrected chi connectivity index (χ4v) is 3.31. The molecule has 0 aliphatic carbocycles. The van der Waals surface area contributed by atoms with Crippen molar-refractivity contribution in [2.24, 2.45) is 0 Å². The lowest BCUT2D eigenvalue weighted by Gasteiger charge is -2.25. The zero-order chi connectivity index (χ0) is 14.5. The SMILES string of the molecule is Clc1ccc(-c2nnc(SCCN3CCCCC3)o2)cc1. The van der Waals surface area contributed by atoms with Crippen LogP contribution in [0.3, 0.4) is 0 Å². The number of likely N-dealkylation sites (tertiary alicyclic amines) is 1. The number of halogens is 1. The highest BCUT2D eigenvalue weighted by atomic mass is 35.5. The summed E-state index contributed by atoms with van der Waals surface area (Å²) in [6, 6.07) is 7.42. The van der Waals surface area contributed by atoms with Gasteiger partial charge in [-0.2, -0.15) is 0 Å². The van der Waals surface area contributed by atoms with Gasteiger partial charge in [-0.25, -0.2) is 0 Å². The van der Waals surface area contributed by atoms with Crippen molar-refractivity contribution in [2.75, 3.05) is 25.4 Å². The first kappa shape index (κ1) is 14.9. The maximum Gasteiger partial charge on any atom is 0.276 e. The summed E-state index contributed by atoms with van der Waals surface area (Å²) < 4.78 is 5.68. The Bertz CT molecular complexity index is 567. The molecule has 2 aromatic rings. The summed E-state index contributed by atoms with van der Waals surface area (Å²) in [4.78, 5) is 2.51. The summed E-state index contributed by atoms with van der Waals surface area (Å²) in [5, 5.41) is 9.52. The van der Waals surface area contributed by atoms with Gasteiger partial charge in [0.2, 0.25) is 5.89 Å². The summed E-state index contributed by atoms with van der Waals surface area (Å²) in [5.41, 5.74) is 0.898. The molecule has 6 heteroatoms. The maximum absolute atomic E-state index is 5.87. The Kier molecular flexibility index (Phi) is 5.17. The van der Waals surface area contributed by atoms with E-state index in [-0.39, 0.29) is 0 Å². The van der Waals surface area contributed by atoms with Crippen LogP contribution in [0.4, 0.5) is 0 Å². The van der Waals surface area contributed by atoms with Crippen LogP contribution >= 0.6 is 23.4 Å². The quantitative estimate of drug-likeness (QED) is 0.779. The molecule has 1 aromatic heterocycles. The molecule has 0 N–H and O–H groups in total. The van der Waals surface area contributed by atoms with E-state index in [1.54, 1.807) is 11.8 Å². The summed E-state index contributed by atoms with van der Waals surface area (Å²) in [6.45, 7) is 3.53. The molecule has 4 nitrogen and oxygen atoms in total. The van der Waals surface area contributed by atoms with Crippen LogP contribution in [0.1, 0.15) is 19.3 Å². The first-order valence-corrected chi connectivity index (χ1v) is 8.62. The number of hydrogen-bond donors (Lipinski definition) is 0. The summed E-state index contributed by atoms with van der Waals surface area (Å²) in [5.74, 6) is 1.54. The van der Waals surface area contributed by atoms with Gasteiger partial charge in [-0.05, 0) is 50.2 Å². The Labute approximate surface area is 133 Å². The lowest BCUT2D eigenvalue weighted by atomic mass is 10.1. The molecule has 0 bridgehead atoms.